The van der Waals surface area contributed by atoms with Gasteiger partial charge in [-0.15, -0.1) is 0 Å². The van der Waals surface area contributed by atoms with Crippen molar-refractivity contribution in [2.24, 2.45) is 0 Å². The second-order valence-corrected chi connectivity index (χ2v) is 3.71. The van der Waals surface area contributed by atoms with Crippen molar-refractivity contribution in [3.05, 3.63) is 52.3 Å². The Hall–Kier alpha value is -2.36. The van der Waals surface area contributed by atoms with E-state index in [-0.39, 0.29) is 5.56 Å². The van der Waals surface area contributed by atoms with Crippen LogP contribution in [0.5, 0.6) is 0 Å². The van der Waals surface area contributed by atoms with Crippen LogP contribution in [0.1, 0.15) is 5.56 Å². The van der Waals surface area contributed by atoms with Gasteiger partial charge >= 0.3 is 5.97 Å². The molecule has 0 unspecified atom stereocenters. The summed E-state index contributed by atoms with van der Waals surface area (Å²) in [6, 6.07) is 8.87. The summed E-state index contributed by atoms with van der Waals surface area (Å²) in [6.45, 7) is 1.86. The van der Waals surface area contributed by atoms with Crippen molar-refractivity contribution in [1.82, 2.24) is 4.57 Å². The zero-order valence-corrected chi connectivity index (χ0v) is 9.25. The molecule has 0 bridgehead atoms. The first kappa shape index (κ1) is 11.1. The summed E-state index contributed by atoms with van der Waals surface area (Å²) in [7, 11) is 0. The molecule has 0 saturated carbocycles. The van der Waals surface area contributed by atoms with Crippen LogP contribution < -0.4 is 5.56 Å². The van der Waals surface area contributed by atoms with Gasteiger partial charge in [0.25, 0.3) is 5.56 Å². The molecule has 1 aromatic carbocycles. The molecule has 1 N–H and O–H groups in total. The van der Waals surface area contributed by atoms with Crippen LogP contribution in [-0.4, -0.2) is 15.6 Å². The molecule has 4 heteroatoms. The van der Waals surface area contributed by atoms with Crippen LogP contribution in [0.25, 0.3) is 17.1 Å². The van der Waals surface area contributed by atoms with E-state index >= 15 is 0 Å². The van der Waals surface area contributed by atoms with Gasteiger partial charge in [0.2, 0.25) is 0 Å². The monoisotopic (exact) mass is 229 g/mol. The van der Waals surface area contributed by atoms with Crippen LogP contribution in [0.3, 0.4) is 0 Å². The van der Waals surface area contributed by atoms with E-state index < -0.39 is 5.97 Å². The van der Waals surface area contributed by atoms with Gasteiger partial charge in [-0.1, -0.05) is 18.2 Å². The average molecular weight is 229 g/mol. The van der Waals surface area contributed by atoms with Gasteiger partial charge in [-0.2, -0.15) is 0 Å². The van der Waals surface area contributed by atoms with E-state index in [0.717, 1.165) is 17.0 Å². The van der Waals surface area contributed by atoms with Crippen molar-refractivity contribution >= 4 is 23.1 Å². The Labute approximate surface area is 97.4 Å². The first-order chi connectivity index (χ1) is 8.09. The average Bonchev–Trinajstić information content (AvgIpc) is 2.28. The minimum absolute atomic E-state index is 0.237. The third-order valence-electron chi connectivity index (χ3n) is 2.53. The highest BCUT2D eigenvalue weighted by atomic mass is 16.4. The number of carboxylic acids is 1. The van der Waals surface area contributed by atoms with Gasteiger partial charge in [0.15, 0.2) is 0 Å². The number of hydrogen-bond donors (Lipinski definition) is 1. The summed E-state index contributed by atoms with van der Waals surface area (Å²) in [5.74, 6) is -1.08. The quantitative estimate of drug-likeness (QED) is 0.799. The molecule has 0 aliphatic rings. The summed E-state index contributed by atoms with van der Waals surface area (Å²) < 4.78 is 1.33. The van der Waals surface area contributed by atoms with Crippen molar-refractivity contribution in [3.8, 4) is 0 Å². The van der Waals surface area contributed by atoms with Gasteiger partial charge in [-0.25, -0.2) is 4.79 Å². The van der Waals surface area contributed by atoms with Crippen LogP contribution >= 0.6 is 0 Å². The van der Waals surface area contributed by atoms with Gasteiger partial charge in [-0.05, 0) is 18.6 Å². The minimum Gasteiger partial charge on any atom is -0.478 e. The van der Waals surface area contributed by atoms with E-state index in [9.17, 15) is 9.59 Å². The topological polar surface area (TPSA) is 59.3 Å². The normalized spacial score (nSPS) is 11.1. The highest BCUT2D eigenvalue weighted by Gasteiger charge is 2.03. The molecule has 0 aliphatic heterocycles. The van der Waals surface area contributed by atoms with Crippen molar-refractivity contribution in [2.45, 2.75) is 6.92 Å². The number of rotatable bonds is 2. The summed E-state index contributed by atoms with van der Waals surface area (Å²) in [5, 5.41) is 9.52. The largest absolute Gasteiger partial charge is 0.478 e. The molecular formula is C13H11NO3. The number of hydrogen-bond acceptors (Lipinski definition) is 2. The summed E-state index contributed by atoms with van der Waals surface area (Å²) in [6.07, 6.45) is 2.22. The third kappa shape index (κ3) is 2.10. The molecule has 0 atom stereocenters. The molecule has 0 radical (unpaired) electrons. The maximum atomic E-state index is 11.8. The number of aryl methyl sites for hydroxylation is 1. The number of pyridine rings is 1. The number of aromatic nitrogens is 1. The fraction of sp³-hybridized carbons (Fsp3) is 0.0769. The van der Waals surface area contributed by atoms with Gasteiger partial charge in [0.1, 0.15) is 0 Å². The van der Waals surface area contributed by atoms with Crippen molar-refractivity contribution < 1.29 is 9.90 Å². The molecular weight excluding hydrogens is 218 g/mol. The lowest BCUT2D eigenvalue weighted by molar-refractivity contribution is -0.131. The molecule has 17 heavy (non-hydrogen) atoms. The number of aliphatic carboxylic acids is 1. The Balaban J connectivity index is 2.78. The van der Waals surface area contributed by atoms with Crippen molar-refractivity contribution in [2.75, 3.05) is 0 Å². The van der Waals surface area contributed by atoms with Crippen LogP contribution in [0.15, 0.2) is 41.2 Å². The summed E-state index contributed by atoms with van der Waals surface area (Å²) >= 11 is 0. The minimum atomic E-state index is -1.08. The highest BCUT2D eigenvalue weighted by molar-refractivity contribution is 5.87. The second-order valence-electron chi connectivity index (χ2n) is 3.71. The van der Waals surface area contributed by atoms with Crippen molar-refractivity contribution in [3.63, 3.8) is 0 Å². The first-order valence-corrected chi connectivity index (χ1v) is 5.11. The molecule has 1 aromatic heterocycles. The van der Waals surface area contributed by atoms with E-state index in [4.69, 9.17) is 5.11 Å². The van der Waals surface area contributed by atoms with E-state index in [1.54, 1.807) is 6.07 Å². The Bertz CT molecular complexity index is 668. The predicted molar refractivity (Wildman–Crippen MR) is 65.9 cm³/mol. The number of para-hydroxylation sites is 1. The molecule has 2 rings (SSSR count). The van der Waals surface area contributed by atoms with Crippen LogP contribution in [0.2, 0.25) is 0 Å². The fourth-order valence-corrected chi connectivity index (χ4v) is 1.76. The molecule has 4 nitrogen and oxygen atoms in total. The van der Waals surface area contributed by atoms with Crippen LogP contribution in [-0.2, 0) is 4.79 Å². The van der Waals surface area contributed by atoms with Gasteiger partial charge < -0.3 is 5.11 Å². The predicted octanol–water partition coefficient (Wildman–Crippen LogP) is 1.87. The van der Waals surface area contributed by atoms with Gasteiger partial charge in [0.05, 0.1) is 5.52 Å². The Morgan fingerprint density at radius 2 is 2.06 bits per heavy atom. The fourth-order valence-electron chi connectivity index (χ4n) is 1.76. The van der Waals surface area contributed by atoms with E-state index in [1.807, 2.05) is 25.1 Å². The second kappa shape index (κ2) is 4.25. The van der Waals surface area contributed by atoms with E-state index in [1.165, 1.54) is 16.8 Å². The Morgan fingerprint density at radius 3 is 2.76 bits per heavy atom. The van der Waals surface area contributed by atoms with Gasteiger partial charge in [-0.3, -0.25) is 9.36 Å². The van der Waals surface area contributed by atoms with E-state index in [0.29, 0.717) is 5.52 Å². The van der Waals surface area contributed by atoms with Gasteiger partial charge in [0, 0.05) is 23.7 Å². The molecule has 0 spiro atoms. The summed E-state index contributed by atoms with van der Waals surface area (Å²) in [5.41, 5.74) is 1.35. The number of benzene rings is 1. The molecule has 0 aliphatic carbocycles. The van der Waals surface area contributed by atoms with Crippen LogP contribution in [0.4, 0.5) is 0 Å². The molecule has 0 amide bonds. The first-order valence-electron chi connectivity index (χ1n) is 5.11. The van der Waals surface area contributed by atoms with Crippen molar-refractivity contribution in [1.29, 1.82) is 0 Å². The van der Waals surface area contributed by atoms with Crippen LogP contribution in [0, 0.1) is 6.92 Å². The number of nitrogens with zero attached hydrogens (tertiary/aromatic N) is 1. The number of carboxylic acid groups (broad SMARTS) is 1. The molecule has 86 valence electrons. The SMILES string of the molecule is Cc1cc(=O)n(C=CC(=O)O)c2ccccc12. The zero-order valence-electron chi connectivity index (χ0n) is 9.25. The lowest BCUT2D eigenvalue weighted by Gasteiger charge is -2.07. The Morgan fingerprint density at radius 1 is 1.35 bits per heavy atom. The Kier molecular flexibility index (Phi) is 2.78. The van der Waals surface area contributed by atoms with E-state index in [2.05, 4.69) is 0 Å². The molecule has 0 fully saturated rings. The smallest absolute Gasteiger partial charge is 0.329 e. The number of carbonyl (C=O) groups is 1. The molecule has 1 heterocycles. The maximum Gasteiger partial charge on any atom is 0.329 e. The third-order valence-corrected chi connectivity index (χ3v) is 2.53. The number of fused-ring (bicyclic) bond motifs is 1. The highest BCUT2D eigenvalue weighted by Crippen LogP contribution is 2.15. The standard InChI is InChI=1S/C13H11NO3/c1-9-8-12(15)14(7-6-13(16)17)11-5-3-2-4-10(9)11/h2-8H,1H3,(H,16,17). The molecule has 0 saturated heterocycles. The maximum absolute atomic E-state index is 11.8. The lowest BCUT2D eigenvalue weighted by Crippen LogP contribution is -2.15. The molecule has 2 aromatic rings. The lowest BCUT2D eigenvalue weighted by atomic mass is 10.1. The summed E-state index contributed by atoms with van der Waals surface area (Å²) in [4.78, 5) is 22.3. The zero-order chi connectivity index (χ0) is 12.4.